The number of nitrogens with zero attached hydrogens (tertiary/aromatic N) is 2. The number of aromatic nitrogens is 1. The molecule has 7 heteroatoms. The standard InChI is InChI=1S/C26H22F2N2O3/c27-18-3-5-21(23(28)14-18)25-20-6-4-19(33-13-10-30-8-11-32-12-9-30)15-22(20)26(31)24(25)17-2-1-7-29-16-17/h1-7,14-16H,8-13H2. The van der Waals surface area contributed by atoms with Gasteiger partial charge in [0.05, 0.1) is 13.2 Å². The van der Waals surface area contributed by atoms with Gasteiger partial charge < -0.3 is 9.47 Å². The van der Waals surface area contributed by atoms with Gasteiger partial charge in [0.15, 0.2) is 5.78 Å². The quantitative estimate of drug-likeness (QED) is 0.565. The van der Waals surface area contributed by atoms with Crippen LogP contribution in [0.5, 0.6) is 5.75 Å². The number of fused-ring (bicyclic) bond motifs is 1. The van der Waals surface area contributed by atoms with Gasteiger partial charge in [-0.15, -0.1) is 0 Å². The predicted octanol–water partition coefficient (Wildman–Crippen LogP) is 4.23. The van der Waals surface area contributed by atoms with Crippen LogP contribution in [0.4, 0.5) is 8.78 Å². The number of morpholine rings is 1. The van der Waals surface area contributed by atoms with Crippen LogP contribution in [0.15, 0.2) is 60.9 Å². The number of rotatable bonds is 6. The number of allylic oxidation sites excluding steroid dienone is 1. The molecule has 0 saturated carbocycles. The largest absolute Gasteiger partial charge is 0.492 e. The van der Waals surface area contributed by atoms with E-state index < -0.39 is 11.6 Å². The van der Waals surface area contributed by atoms with E-state index in [4.69, 9.17) is 9.47 Å². The maximum atomic E-state index is 14.8. The summed E-state index contributed by atoms with van der Waals surface area (Å²) in [5, 5.41) is 0. The van der Waals surface area contributed by atoms with E-state index in [0.717, 1.165) is 38.9 Å². The predicted molar refractivity (Wildman–Crippen MR) is 120 cm³/mol. The Kier molecular flexibility index (Phi) is 5.98. The van der Waals surface area contributed by atoms with Crippen LogP contribution in [0.3, 0.4) is 0 Å². The molecule has 2 aromatic carbocycles. The smallest absolute Gasteiger partial charge is 0.195 e. The van der Waals surface area contributed by atoms with Crippen LogP contribution in [-0.2, 0) is 4.74 Å². The van der Waals surface area contributed by atoms with E-state index in [1.165, 1.54) is 12.1 Å². The Morgan fingerprint density at radius 3 is 2.55 bits per heavy atom. The van der Waals surface area contributed by atoms with Crippen molar-refractivity contribution in [3.8, 4) is 5.75 Å². The molecule has 3 aromatic rings. The number of ketones is 1. The van der Waals surface area contributed by atoms with Crippen molar-refractivity contribution in [3.05, 3.63) is 94.8 Å². The van der Waals surface area contributed by atoms with Gasteiger partial charge in [0.2, 0.25) is 0 Å². The van der Waals surface area contributed by atoms with Crippen LogP contribution in [0, 0.1) is 11.6 Å². The summed E-state index contributed by atoms with van der Waals surface area (Å²) in [6.07, 6.45) is 3.18. The first-order valence-electron chi connectivity index (χ1n) is 10.8. The van der Waals surface area contributed by atoms with Gasteiger partial charge in [-0.25, -0.2) is 8.78 Å². The van der Waals surface area contributed by atoms with Gasteiger partial charge in [-0.05, 0) is 42.0 Å². The lowest BCUT2D eigenvalue weighted by Crippen LogP contribution is -2.38. The number of carbonyl (C=O) groups is 1. The van der Waals surface area contributed by atoms with Gasteiger partial charge in [0.25, 0.3) is 0 Å². The minimum Gasteiger partial charge on any atom is -0.492 e. The number of Topliss-reactive ketones (excluding diaryl/α,β-unsaturated/α-hetero) is 1. The number of halogens is 2. The molecule has 0 spiro atoms. The minimum atomic E-state index is -0.724. The van der Waals surface area contributed by atoms with E-state index in [-0.39, 0.29) is 11.3 Å². The van der Waals surface area contributed by atoms with E-state index in [1.54, 1.807) is 42.7 Å². The summed E-state index contributed by atoms with van der Waals surface area (Å²) in [6, 6.07) is 12.1. The van der Waals surface area contributed by atoms with Crippen molar-refractivity contribution < 1.29 is 23.0 Å². The topological polar surface area (TPSA) is 51.7 Å². The molecule has 1 aromatic heterocycles. The summed E-state index contributed by atoms with van der Waals surface area (Å²) in [5.41, 5.74) is 2.53. The second-order valence-electron chi connectivity index (χ2n) is 7.95. The van der Waals surface area contributed by atoms with E-state index in [9.17, 15) is 13.6 Å². The SMILES string of the molecule is O=C1C(c2cccnc2)=C(c2ccc(F)cc2F)c2ccc(OCCN3CCOCC3)cc21. The summed E-state index contributed by atoms with van der Waals surface area (Å²) in [4.78, 5) is 19.9. The summed E-state index contributed by atoms with van der Waals surface area (Å²) in [5.74, 6) is -1.07. The number of hydrogen-bond donors (Lipinski definition) is 0. The van der Waals surface area contributed by atoms with E-state index in [2.05, 4.69) is 9.88 Å². The van der Waals surface area contributed by atoms with Crippen molar-refractivity contribution in [2.75, 3.05) is 39.5 Å². The molecule has 2 heterocycles. The Hall–Kier alpha value is -3.42. The van der Waals surface area contributed by atoms with Crippen LogP contribution >= 0.6 is 0 Å². The molecule has 5 nitrogen and oxygen atoms in total. The maximum absolute atomic E-state index is 14.8. The van der Waals surface area contributed by atoms with Crippen molar-refractivity contribution in [2.45, 2.75) is 0 Å². The Morgan fingerprint density at radius 1 is 0.970 bits per heavy atom. The lowest BCUT2D eigenvalue weighted by Gasteiger charge is -2.26. The molecule has 1 fully saturated rings. The van der Waals surface area contributed by atoms with E-state index in [1.807, 2.05) is 0 Å². The Balaban J connectivity index is 1.48. The van der Waals surface area contributed by atoms with Crippen LogP contribution in [-0.4, -0.2) is 55.1 Å². The Bertz CT molecular complexity index is 1220. The second-order valence-corrected chi connectivity index (χ2v) is 7.95. The monoisotopic (exact) mass is 448 g/mol. The molecular formula is C26H22F2N2O3. The zero-order valence-corrected chi connectivity index (χ0v) is 17.9. The maximum Gasteiger partial charge on any atom is 0.195 e. The molecule has 1 aliphatic carbocycles. The van der Waals surface area contributed by atoms with Crippen LogP contribution in [0.2, 0.25) is 0 Å². The van der Waals surface area contributed by atoms with Crippen LogP contribution in [0.25, 0.3) is 11.1 Å². The molecule has 1 saturated heterocycles. The first kappa shape index (κ1) is 21.4. The number of benzene rings is 2. The van der Waals surface area contributed by atoms with E-state index >= 15 is 0 Å². The average Bonchev–Trinajstić information content (AvgIpc) is 3.12. The number of ether oxygens (including phenoxy) is 2. The molecule has 33 heavy (non-hydrogen) atoms. The number of pyridine rings is 1. The van der Waals surface area contributed by atoms with Crippen LogP contribution < -0.4 is 4.74 Å². The van der Waals surface area contributed by atoms with Gasteiger partial charge in [-0.1, -0.05) is 6.07 Å². The zero-order valence-electron chi connectivity index (χ0n) is 17.9. The van der Waals surface area contributed by atoms with Crippen molar-refractivity contribution in [2.24, 2.45) is 0 Å². The normalized spacial score (nSPS) is 16.2. The third kappa shape index (κ3) is 4.29. The van der Waals surface area contributed by atoms with Gasteiger partial charge >= 0.3 is 0 Å². The Labute approximate surface area is 190 Å². The highest BCUT2D eigenvalue weighted by Gasteiger charge is 2.33. The van der Waals surface area contributed by atoms with Crippen molar-refractivity contribution >= 4 is 16.9 Å². The molecule has 5 rings (SSSR count). The second kappa shape index (κ2) is 9.21. The molecule has 2 aliphatic rings. The van der Waals surface area contributed by atoms with Gasteiger partial charge in [0, 0.05) is 65.9 Å². The molecule has 0 unspecified atom stereocenters. The van der Waals surface area contributed by atoms with Gasteiger partial charge in [-0.3, -0.25) is 14.7 Å². The summed E-state index contributed by atoms with van der Waals surface area (Å²) in [7, 11) is 0. The third-order valence-corrected chi connectivity index (χ3v) is 5.91. The lowest BCUT2D eigenvalue weighted by molar-refractivity contribution is 0.0322. The summed E-state index contributed by atoms with van der Waals surface area (Å²) < 4.78 is 39.6. The Morgan fingerprint density at radius 2 is 1.79 bits per heavy atom. The van der Waals surface area contributed by atoms with Crippen molar-refractivity contribution in [3.63, 3.8) is 0 Å². The zero-order chi connectivity index (χ0) is 22.8. The number of hydrogen-bond acceptors (Lipinski definition) is 5. The highest BCUT2D eigenvalue weighted by atomic mass is 19.1. The highest BCUT2D eigenvalue weighted by Crippen LogP contribution is 2.43. The summed E-state index contributed by atoms with van der Waals surface area (Å²) in [6.45, 7) is 4.43. The molecule has 168 valence electrons. The molecule has 0 N–H and O–H groups in total. The molecular weight excluding hydrogens is 426 g/mol. The van der Waals surface area contributed by atoms with Gasteiger partial charge in [0.1, 0.15) is 24.0 Å². The lowest BCUT2D eigenvalue weighted by atomic mass is 9.94. The molecule has 0 amide bonds. The summed E-state index contributed by atoms with van der Waals surface area (Å²) >= 11 is 0. The van der Waals surface area contributed by atoms with Crippen molar-refractivity contribution in [1.29, 1.82) is 0 Å². The van der Waals surface area contributed by atoms with Crippen LogP contribution in [0.1, 0.15) is 27.0 Å². The first-order valence-corrected chi connectivity index (χ1v) is 10.8. The van der Waals surface area contributed by atoms with Gasteiger partial charge in [-0.2, -0.15) is 0 Å². The molecule has 0 atom stereocenters. The third-order valence-electron chi connectivity index (χ3n) is 5.91. The molecule has 0 radical (unpaired) electrons. The fourth-order valence-electron chi connectivity index (χ4n) is 4.28. The van der Waals surface area contributed by atoms with E-state index in [0.29, 0.717) is 40.2 Å². The highest BCUT2D eigenvalue weighted by molar-refractivity contribution is 6.41. The fraction of sp³-hybridized carbons (Fsp3) is 0.231. The average molecular weight is 448 g/mol. The first-order chi connectivity index (χ1) is 16.1. The van der Waals surface area contributed by atoms with Crippen molar-refractivity contribution in [1.82, 2.24) is 9.88 Å². The fourth-order valence-corrected chi connectivity index (χ4v) is 4.28. The minimum absolute atomic E-state index is 0.170. The number of carbonyl (C=O) groups excluding carboxylic acids is 1. The molecule has 1 aliphatic heterocycles. The molecule has 0 bridgehead atoms.